The molecule has 0 aliphatic carbocycles. The van der Waals surface area contributed by atoms with E-state index in [9.17, 15) is 4.79 Å². The number of nitrogens with zero attached hydrogens (tertiary/aromatic N) is 2. The van der Waals surface area contributed by atoms with E-state index in [0.717, 1.165) is 31.6 Å². The van der Waals surface area contributed by atoms with Gasteiger partial charge in [-0.25, -0.2) is 0 Å². The van der Waals surface area contributed by atoms with Gasteiger partial charge in [-0.1, -0.05) is 30.3 Å². The Balaban J connectivity index is 1.61. The van der Waals surface area contributed by atoms with Gasteiger partial charge in [0.2, 0.25) is 0 Å². The van der Waals surface area contributed by atoms with Crippen molar-refractivity contribution in [3.8, 4) is 0 Å². The smallest absolute Gasteiger partial charge is 0.255 e. The van der Waals surface area contributed by atoms with Crippen molar-refractivity contribution < 1.29 is 4.79 Å². The van der Waals surface area contributed by atoms with Gasteiger partial charge < -0.3 is 4.90 Å². The van der Waals surface area contributed by atoms with Gasteiger partial charge in [-0.3, -0.25) is 9.78 Å². The van der Waals surface area contributed by atoms with Crippen LogP contribution >= 0.6 is 0 Å². The van der Waals surface area contributed by atoms with Crippen LogP contribution in [0.4, 0.5) is 0 Å². The fraction of sp³-hybridized carbons (Fsp3) is 0.333. The van der Waals surface area contributed by atoms with Gasteiger partial charge in [0.1, 0.15) is 0 Å². The van der Waals surface area contributed by atoms with Gasteiger partial charge >= 0.3 is 0 Å². The first kappa shape index (κ1) is 13.8. The van der Waals surface area contributed by atoms with Crippen LogP contribution in [0.5, 0.6) is 0 Å². The molecule has 3 nitrogen and oxygen atoms in total. The van der Waals surface area contributed by atoms with Crippen LogP contribution in [0.2, 0.25) is 0 Å². The summed E-state index contributed by atoms with van der Waals surface area (Å²) in [6, 6.07) is 14.3. The van der Waals surface area contributed by atoms with Gasteiger partial charge in [-0.15, -0.1) is 0 Å². The van der Waals surface area contributed by atoms with Gasteiger partial charge in [0, 0.05) is 25.0 Å². The quantitative estimate of drug-likeness (QED) is 0.865. The summed E-state index contributed by atoms with van der Waals surface area (Å²) in [6.45, 7) is 3.63. The Kier molecular flexibility index (Phi) is 4.00. The van der Waals surface area contributed by atoms with Crippen molar-refractivity contribution in [2.24, 2.45) is 5.92 Å². The monoisotopic (exact) mass is 280 g/mol. The van der Waals surface area contributed by atoms with E-state index in [4.69, 9.17) is 0 Å². The van der Waals surface area contributed by atoms with Gasteiger partial charge in [0.05, 0.1) is 5.56 Å². The summed E-state index contributed by atoms with van der Waals surface area (Å²) in [7, 11) is 0. The van der Waals surface area contributed by atoms with E-state index >= 15 is 0 Å². The molecule has 108 valence electrons. The minimum absolute atomic E-state index is 0.109. The highest BCUT2D eigenvalue weighted by Crippen LogP contribution is 2.22. The first-order chi connectivity index (χ1) is 10.2. The predicted octanol–water partition coefficient (Wildman–Crippen LogP) is 3.09. The highest BCUT2D eigenvalue weighted by molar-refractivity contribution is 5.94. The molecule has 2 aromatic rings. The van der Waals surface area contributed by atoms with Gasteiger partial charge in [0.25, 0.3) is 5.91 Å². The van der Waals surface area contributed by atoms with Gasteiger partial charge in [-0.05, 0) is 43.4 Å². The summed E-state index contributed by atoms with van der Waals surface area (Å²) >= 11 is 0. The lowest BCUT2D eigenvalue weighted by molar-refractivity contribution is 0.0786. The second-order valence-corrected chi connectivity index (χ2v) is 5.78. The average Bonchev–Trinajstić information content (AvgIpc) is 2.97. The highest BCUT2D eigenvalue weighted by Gasteiger charge is 2.27. The number of aryl methyl sites for hydroxylation is 1. The number of benzene rings is 1. The summed E-state index contributed by atoms with van der Waals surface area (Å²) < 4.78 is 0. The van der Waals surface area contributed by atoms with Crippen LogP contribution in [0.25, 0.3) is 0 Å². The molecule has 1 amide bonds. The zero-order valence-electron chi connectivity index (χ0n) is 12.3. The molecule has 0 bridgehead atoms. The van der Waals surface area contributed by atoms with Crippen LogP contribution in [0.3, 0.4) is 0 Å². The van der Waals surface area contributed by atoms with E-state index in [2.05, 4.69) is 29.2 Å². The van der Waals surface area contributed by atoms with E-state index in [1.807, 2.05) is 30.0 Å². The van der Waals surface area contributed by atoms with Crippen LogP contribution < -0.4 is 0 Å². The van der Waals surface area contributed by atoms with Crippen molar-refractivity contribution in [1.29, 1.82) is 0 Å². The molecule has 0 radical (unpaired) electrons. The van der Waals surface area contributed by atoms with Crippen LogP contribution in [-0.4, -0.2) is 28.9 Å². The molecule has 1 atom stereocenters. The molecule has 1 aliphatic heterocycles. The van der Waals surface area contributed by atoms with Crippen molar-refractivity contribution in [2.75, 3.05) is 13.1 Å². The molecular formula is C18H20N2O. The summed E-state index contributed by atoms with van der Waals surface area (Å²) in [5.41, 5.74) is 2.99. The predicted molar refractivity (Wildman–Crippen MR) is 83.1 cm³/mol. The SMILES string of the molecule is Cc1ccc(C(=O)N2CCC(Cc3ccccc3)C2)cn1. The molecule has 3 heteroatoms. The fourth-order valence-corrected chi connectivity index (χ4v) is 2.91. The Morgan fingerprint density at radius 1 is 1.24 bits per heavy atom. The first-order valence-electron chi connectivity index (χ1n) is 7.48. The van der Waals surface area contributed by atoms with Gasteiger partial charge in [-0.2, -0.15) is 0 Å². The largest absolute Gasteiger partial charge is 0.338 e. The lowest BCUT2D eigenvalue weighted by Crippen LogP contribution is -2.29. The maximum atomic E-state index is 12.4. The van der Waals surface area contributed by atoms with Crippen LogP contribution in [0, 0.1) is 12.8 Å². The highest BCUT2D eigenvalue weighted by atomic mass is 16.2. The number of carbonyl (C=O) groups is 1. The second kappa shape index (κ2) is 6.08. The number of carbonyl (C=O) groups excluding carboxylic acids is 1. The Labute approximate surface area is 125 Å². The minimum atomic E-state index is 0.109. The van der Waals surface area contributed by atoms with Crippen molar-refractivity contribution in [1.82, 2.24) is 9.88 Å². The molecule has 1 unspecified atom stereocenters. The molecular weight excluding hydrogens is 260 g/mol. The lowest BCUT2D eigenvalue weighted by Gasteiger charge is -2.16. The van der Waals surface area contributed by atoms with E-state index in [1.54, 1.807) is 6.20 Å². The molecule has 1 aromatic heterocycles. The number of amides is 1. The average molecular weight is 280 g/mol. The Morgan fingerprint density at radius 2 is 2.05 bits per heavy atom. The van der Waals surface area contributed by atoms with Crippen LogP contribution in [0.15, 0.2) is 48.7 Å². The molecule has 0 saturated carbocycles. The van der Waals surface area contributed by atoms with Crippen molar-refractivity contribution in [3.05, 3.63) is 65.5 Å². The number of likely N-dealkylation sites (tertiary alicyclic amines) is 1. The van der Waals surface area contributed by atoms with Crippen molar-refractivity contribution in [3.63, 3.8) is 0 Å². The van der Waals surface area contributed by atoms with E-state index in [1.165, 1.54) is 5.56 Å². The van der Waals surface area contributed by atoms with Crippen LogP contribution in [0.1, 0.15) is 28.0 Å². The second-order valence-electron chi connectivity index (χ2n) is 5.78. The maximum Gasteiger partial charge on any atom is 0.255 e. The summed E-state index contributed by atoms with van der Waals surface area (Å²) in [5, 5.41) is 0. The number of rotatable bonds is 3. The van der Waals surface area contributed by atoms with Crippen molar-refractivity contribution in [2.45, 2.75) is 19.8 Å². The maximum absolute atomic E-state index is 12.4. The molecule has 1 fully saturated rings. The minimum Gasteiger partial charge on any atom is -0.338 e. The third-order valence-electron chi connectivity index (χ3n) is 4.10. The normalized spacial score (nSPS) is 18.0. The summed E-state index contributed by atoms with van der Waals surface area (Å²) in [5.74, 6) is 0.674. The molecule has 0 spiro atoms. The fourth-order valence-electron chi connectivity index (χ4n) is 2.91. The van der Waals surface area contributed by atoms with Crippen LogP contribution in [-0.2, 0) is 6.42 Å². The molecule has 21 heavy (non-hydrogen) atoms. The van der Waals surface area contributed by atoms with E-state index < -0.39 is 0 Å². The standard InChI is InChI=1S/C18H20N2O/c1-14-7-8-17(12-19-14)18(21)20-10-9-16(13-20)11-15-5-3-2-4-6-15/h2-8,12,16H,9-11,13H2,1H3. The Hall–Kier alpha value is -2.16. The summed E-state index contributed by atoms with van der Waals surface area (Å²) in [4.78, 5) is 18.6. The first-order valence-corrected chi connectivity index (χ1v) is 7.48. The zero-order valence-corrected chi connectivity index (χ0v) is 12.3. The summed E-state index contributed by atoms with van der Waals surface area (Å²) in [6.07, 6.45) is 3.82. The van der Waals surface area contributed by atoms with E-state index in [-0.39, 0.29) is 5.91 Å². The topological polar surface area (TPSA) is 33.2 Å². The number of pyridine rings is 1. The Bertz CT molecular complexity index is 607. The third kappa shape index (κ3) is 3.30. The molecule has 1 aromatic carbocycles. The molecule has 3 rings (SSSR count). The zero-order chi connectivity index (χ0) is 14.7. The molecule has 2 heterocycles. The molecule has 1 saturated heterocycles. The Morgan fingerprint density at radius 3 is 2.76 bits per heavy atom. The number of hydrogen-bond acceptors (Lipinski definition) is 2. The van der Waals surface area contributed by atoms with Gasteiger partial charge in [0.15, 0.2) is 0 Å². The lowest BCUT2D eigenvalue weighted by atomic mass is 9.99. The molecule has 0 N–H and O–H groups in total. The number of aromatic nitrogens is 1. The van der Waals surface area contributed by atoms with E-state index in [0.29, 0.717) is 11.5 Å². The van der Waals surface area contributed by atoms with Crippen molar-refractivity contribution >= 4 is 5.91 Å². The third-order valence-corrected chi connectivity index (χ3v) is 4.10. The number of hydrogen-bond donors (Lipinski definition) is 0. The molecule has 1 aliphatic rings.